The fourth-order valence-electron chi connectivity index (χ4n) is 1.87. The second-order valence-corrected chi connectivity index (χ2v) is 7.09. The van der Waals surface area contributed by atoms with E-state index >= 15 is 0 Å². The number of amides is 1. The monoisotopic (exact) mass is 492 g/mol. The number of hydrogen-bond acceptors (Lipinski definition) is 4. The number of benzene rings is 1. The van der Waals surface area contributed by atoms with E-state index in [9.17, 15) is 4.79 Å². The number of nitrogens with one attached hydrogen (secondary N) is 2. The summed E-state index contributed by atoms with van der Waals surface area (Å²) in [6.07, 6.45) is 1.50. The summed E-state index contributed by atoms with van der Waals surface area (Å²) in [5.41, 5.74) is 1.03. The van der Waals surface area contributed by atoms with E-state index in [1.54, 1.807) is 16.8 Å². The van der Waals surface area contributed by atoms with Crippen molar-refractivity contribution < 1.29 is 4.79 Å². The Balaban J connectivity index is 1.71. The lowest BCUT2D eigenvalue weighted by Crippen LogP contribution is -2.14. The van der Waals surface area contributed by atoms with Gasteiger partial charge >= 0.3 is 0 Å². The molecule has 0 unspecified atom stereocenters. The minimum absolute atomic E-state index is 0.163. The second-order valence-electron chi connectivity index (χ2n) is 4.66. The SMILES string of the molecule is O=C(Nc1ncn(Cc2ccc(Cl)cc2Cl)n1)c1n[nH]c(Br)c1Br. The molecule has 0 saturated heterocycles. The molecular formula is C13H8Br2Cl2N6O. The summed E-state index contributed by atoms with van der Waals surface area (Å²) in [5, 5.41) is 14.4. The average molecular weight is 495 g/mol. The van der Waals surface area contributed by atoms with E-state index in [2.05, 4.69) is 57.5 Å². The van der Waals surface area contributed by atoms with Gasteiger partial charge in [-0.25, -0.2) is 9.67 Å². The summed E-state index contributed by atoms with van der Waals surface area (Å²) in [4.78, 5) is 16.2. The van der Waals surface area contributed by atoms with Crippen molar-refractivity contribution in [1.82, 2.24) is 25.0 Å². The minimum atomic E-state index is -0.439. The van der Waals surface area contributed by atoms with Crippen LogP contribution in [0.15, 0.2) is 33.6 Å². The summed E-state index contributed by atoms with van der Waals surface area (Å²) in [6.45, 7) is 0.399. The highest BCUT2D eigenvalue weighted by molar-refractivity contribution is 9.13. The molecule has 1 amide bonds. The van der Waals surface area contributed by atoms with Gasteiger partial charge in [0.1, 0.15) is 10.9 Å². The Morgan fingerprint density at radius 1 is 1.33 bits per heavy atom. The number of hydrogen-bond donors (Lipinski definition) is 2. The third-order valence-corrected chi connectivity index (χ3v) is 5.46. The molecule has 0 saturated carbocycles. The van der Waals surface area contributed by atoms with Crippen molar-refractivity contribution >= 4 is 66.9 Å². The molecule has 0 radical (unpaired) electrons. The van der Waals surface area contributed by atoms with Crippen LogP contribution in [0.3, 0.4) is 0 Å². The van der Waals surface area contributed by atoms with Gasteiger partial charge in [0.15, 0.2) is 5.69 Å². The van der Waals surface area contributed by atoms with E-state index in [0.717, 1.165) is 5.56 Å². The summed E-state index contributed by atoms with van der Waals surface area (Å²) < 4.78 is 2.65. The van der Waals surface area contributed by atoms with Crippen LogP contribution >= 0.6 is 55.1 Å². The molecular weight excluding hydrogens is 487 g/mol. The van der Waals surface area contributed by atoms with Crippen molar-refractivity contribution in [2.45, 2.75) is 6.54 Å². The van der Waals surface area contributed by atoms with Crippen molar-refractivity contribution in [1.29, 1.82) is 0 Å². The Bertz CT molecular complexity index is 910. The molecule has 3 rings (SSSR count). The molecule has 0 aliphatic heterocycles. The number of nitrogens with zero attached hydrogens (tertiary/aromatic N) is 4. The largest absolute Gasteiger partial charge is 0.288 e. The fourth-order valence-corrected chi connectivity index (χ4v) is 2.97. The first-order valence-corrected chi connectivity index (χ1v) is 8.82. The molecule has 24 heavy (non-hydrogen) atoms. The standard InChI is InChI=1S/C13H8Br2Cl2N6O/c14-9-10(20-21-11(9)15)12(24)19-13-18-5-23(22-13)4-6-1-2-7(16)3-8(6)17/h1-3,5H,4H2,(H,20,21)(H,19,22,24). The molecule has 124 valence electrons. The van der Waals surface area contributed by atoms with Gasteiger partial charge in [-0.05, 0) is 49.6 Å². The van der Waals surface area contributed by atoms with Gasteiger partial charge in [-0.15, -0.1) is 5.10 Å². The van der Waals surface area contributed by atoms with E-state index in [4.69, 9.17) is 23.2 Å². The number of aromatic amines is 1. The van der Waals surface area contributed by atoms with Crippen molar-refractivity contribution in [3.63, 3.8) is 0 Å². The van der Waals surface area contributed by atoms with E-state index in [0.29, 0.717) is 25.7 Å². The molecule has 2 N–H and O–H groups in total. The highest BCUT2D eigenvalue weighted by Crippen LogP contribution is 2.24. The molecule has 2 heterocycles. The predicted molar refractivity (Wildman–Crippen MR) is 97.5 cm³/mol. The first-order chi connectivity index (χ1) is 11.4. The Labute approximate surface area is 163 Å². The highest BCUT2D eigenvalue weighted by Gasteiger charge is 2.18. The van der Waals surface area contributed by atoms with Crippen molar-refractivity contribution in [2.75, 3.05) is 5.32 Å². The number of carbonyl (C=O) groups is 1. The van der Waals surface area contributed by atoms with Crippen LogP contribution < -0.4 is 5.32 Å². The van der Waals surface area contributed by atoms with Crippen molar-refractivity contribution in [3.05, 3.63) is 54.9 Å². The van der Waals surface area contributed by atoms with E-state index in [1.807, 2.05) is 6.07 Å². The zero-order valence-corrected chi connectivity index (χ0v) is 16.4. The first kappa shape index (κ1) is 17.4. The zero-order chi connectivity index (χ0) is 17.3. The maximum atomic E-state index is 12.1. The normalized spacial score (nSPS) is 10.8. The second kappa shape index (κ2) is 7.22. The van der Waals surface area contributed by atoms with Crippen LogP contribution in [-0.2, 0) is 6.54 Å². The van der Waals surface area contributed by atoms with Crippen LogP contribution in [0.25, 0.3) is 0 Å². The number of rotatable bonds is 4. The van der Waals surface area contributed by atoms with Gasteiger partial charge in [0.25, 0.3) is 5.91 Å². The van der Waals surface area contributed by atoms with Crippen LogP contribution in [0.4, 0.5) is 5.95 Å². The third kappa shape index (κ3) is 3.80. The summed E-state index contributed by atoms with van der Waals surface area (Å²) in [6, 6.07) is 5.21. The minimum Gasteiger partial charge on any atom is -0.288 e. The first-order valence-electron chi connectivity index (χ1n) is 6.48. The van der Waals surface area contributed by atoms with Gasteiger partial charge < -0.3 is 0 Å². The molecule has 2 aromatic heterocycles. The number of aromatic nitrogens is 5. The number of H-pyrrole nitrogens is 1. The van der Waals surface area contributed by atoms with Crippen LogP contribution in [0.1, 0.15) is 16.1 Å². The van der Waals surface area contributed by atoms with Gasteiger partial charge in [0.2, 0.25) is 5.95 Å². The molecule has 3 aromatic rings. The molecule has 0 spiro atoms. The fraction of sp³-hybridized carbons (Fsp3) is 0.0769. The van der Waals surface area contributed by atoms with Gasteiger partial charge in [-0.2, -0.15) is 5.10 Å². The van der Waals surface area contributed by atoms with Crippen molar-refractivity contribution in [3.8, 4) is 0 Å². The summed E-state index contributed by atoms with van der Waals surface area (Å²) in [5.74, 6) is -0.276. The molecule has 0 fully saturated rings. The lowest BCUT2D eigenvalue weighted by molar-refractivity contribution is 0.102. The zero-order valence-electron chi connectivity index (χ0n) is 11.7. The number of anilines is 1. The number of halogens is 4. The molecule has 0 aliphatic rings. The van der Waals surface area contributed by atoms with Gasteiger partial charge in [0, 0.05) is 10.0 Å². The Morgan fingerprint density at radius 2 is 2.12 bits per heavy atom. The van der Waals surface area contributed by atoms with E-state index < -0.39 is 5.91 Å². The maximum absolute atomic E-state index is 12.1. The maximum Gasteiger partial charge on any atom is 0.279 e. The smallest absolute Gasteiger partial charge is 0.279 e. The highest BCUT2D eigenvalue weighted by atomic mass is 79.9. The third-order valence-electron chi connectivity index (χ3n) is 2.99. The summed E-state index contributed by atoms with van der Waals surface area (Å²) >= 11 is 18.5. The van der Waals surface area contributed by atoms with Gasteiger partial charge in [0.05, 0.1) is 11.0 Å². The van der Waals surface area contributed by atoms with Crippen molar-refractivity contribution in [2.24, 2.45) is 0 Å². The molecule has 0 bridgehead atoms. The lowest BCUT2D eigenvalue weighted by atomic mass is 10.2. The molecule has 1 aromatic carbocycles. The van der Waals surface area contributed by atoms with E-state index in [1.165, 1.54) is 6.33 Å². The quantitative estimate of drug-likeness (QED) is 0.570. The van der Waals surface area contributed by atoms with Gasteiger partial charge in [-0.1, -0.05) is 29.3 Å². The average Bonchev–Trinajstić information content (AvgIpc) is 3.10. The van der Waals surface area contributed by atoms with E-state index in [-0.39, 0.29) is 11.6 Å². The topological polar surface area (TPSA) is 88.5 Å². The lowest BCUT2D eigenvalue weighted by Gasteiger charge is -2.04. The number of carbonyl (C=O) groups excluding carboxylic acids is 1. The van der Waals surface area contributed by atoms with Crippen LogP contribution in [0.2, 0.25) is 10.0 Å². The Kier molecular flexibility index (Phi) is 5.24. The molecule has 0 aliphatic carbocycles. The predicted octanol–water partition coefficient (Wildman–Crippen LogP) is 4.13. The van der Waals surface area contributed by atoms with Gasteiger partial charge in [-0.3, -0.25) is 15.2 Å². The Hall–Kier alpha value is -1.42. The van der Waals surface area contributed by atoms with Crippen LogP contribution in [0.5, 0.6) is 0 Å². The molecule has 7 nitrogen and oxygen atoms in total. The van der Waals surface area contributed by atoms with Crippen LogP contribution in [-0.4, -0.2) is 30.9 Å². The molecule has 11 heteroatoms. The van der Waals surface area contributed by atoms with Crippen LogP contribution in [0, 0.1) is 0 Å². The summed E-state index contributed by atoms with van der Waals surface area (Å²) in [7, 11) is 0. The Morgan fingerprint density at radius 3 is 2.79 bits per heavy atom. The molecule has 0 atom stereocenters.